The molecule has 112 valence electrons. The summed E-state index contributed by atoms with van der Waals surface area (Å²) >= 11 is 0. The molecule has 2 aromatic heterocycles. The molecular formula is C14H19N5O2. The van der Waals surface area contributed by atoms with E-state index in [2.05, 4.69) is 15.2 Å². The first-order valence-electron chi connectivity index (χ1n) is 7.29. The van der Waals surface area contributed by atoms with Gasteiger partial charge in [0.2, 0.25) is 5.89 Å². The molecule has 7 nitrogen and oxygen atoms in total. The van der Waals surface area contributed by atoms with E-state index in [1.54, 1.807) is 24.0 Å². The maximum atomic E-state index is 12.5. The van der Waals surface area contributed by atoms with Gasteiger partial charge in [-0.3, -0.25) is 9.48 Å². The largest absolute Gasteiger partial charge is 0.340 e. The van der Waals surface area contributed by atoms with Crippen molar-refractivity contribution in [2.24, 2.45) is 0 Å². The lowest BCUT2D eigenvalue weighted by Crippen LogP contribution is -2.39. The van der Waals surface area contributed by atoms with Crippen LogP contribution >= 0.6 is 0 Å². The number of amides is 1. The molecule has 1 fully saturated rings. The highest BCUT2D eigenvalue weighted by Gasteiger charge is 2.28. The van der Waals surface area contributed by atoms with Gasteiger partial charge in [0.1, 0.15) is 0 Å². The van der Waals surface area contributed by atoms with E-state index in [1.165, 1.54) is 0 Å². The third-order valence-electron chi connectivity index (χ3n) is 3.82. The van der Waals surface area contributed by atoms with E-state index in [4.69, 9.17) is 4.52 Å². The topological polar surface area (TPSA) is 77.0 Å². The number of aromatic nitrogens is 4. The van der Waals surface area contributed by atoms with Gasteiger partial charge in [-0.15, -0.1) is 0 Å². The number of carbonyl (C=O) groups is 1. The molecule has 0 unspecified atom stereocenters. The first-order valence-corrected chi connectivity index (χ1v) is 7.29. The summed E-state index contributed by atoms with van der Waals surface area (Å²) in [6, 6.07) is 0. The lowest BCUT2D eigenvalue weighted by atomic mass is 9.97. The van der Waals surface area contributed by atoms with Crippen molar-refractivity contribution in [2.45, 2.75) is 39.2 Å². The quantitative estimate of drug-likeness (QED) is 0.858. The number of carbonyl (C=O) groups excluding carboxylic acids is 1. The predicted molar refractivity (Wildman–Crippen MR) is 74.8 cm³/mol. The van der Waals surface area contributed by atoms with Crippen molar-refractivity contribution in [3.63, 3.8) is 0 Å². The Morgan fingerprint density at radius 3 is 3.05 bits per heavy atom. The van der Waals surface area contributed by atoms with Crippen LogP contribution in [0.2, 0.25) is 0 Å². The Balaban J connectivity index is 1.72. The summed E-state index contributed by atoms with van der Waals surface area (Å²) in [4.78, 5) is 18.7. The van der Waals surface area contributed by atoms with Gasteiger partial charge in [-0.1, -0.05) is 5.16 Å². The minimum Gasteiger partial charge on any atom is -0.340 e. The monoisotopic (exact) mass is 289 g/mol. The Kier molecular flexibility index (Phi) is 3.72. The molecule has 0 aliphatic carbocycles. The van der Waals surface area contributed by atoms with Gasteiger partial charge in [0.25, 0.3) is 5.91 Å². The highest BCUT2D eigenvalue weighted by molar-refractivity contribution is 5.93. The summed E-state index contributed by atoms with van der Waals surface area (Å²) in [5.41, 5.74) is 0.641. The second kappa shape index (κ2) is 5.67. The number of rotatable bonds is 3. The van der Waals surface area contributed by atoms with Crippen molar-refractivity contribution in [2.75, 3.05) is 13.1 Å². The zero-order chi connectivity index (χ0) is 14.8. The molecule has 7 heteroatoms. The van der Waals surface area contributed by atoms with Crippen molar-refractivity contribution < 1.29 is 9.32 Å². The minimum atomic E-state index is 0.0274. The molecule has 0 N–H and O–H groups in total. The van der Waals surface area contributed by atoms with Crippen LogP contribution in [0.4, 0.5) is 0 Å². The maximum absolute atomic E-state index is 12.5. The summed E-state index contributed by atoms with van der Waals surface area (Å²) in [6.07, 6.45) is 5.36. The first kappa shape index (κ1) is 13.8. The van der Waals surface area contributed by atoms with Crippen LogP contribution in [0.5, 0.6) is 0 Å². The van der Waals surface area contributed by atoms with Crippen molar-refractivity contribution in [1.29, 1.82) is 0 Å². The molecule has 1 atom stereocenters. The number of hydrogen-bond acceptors (Lipinski definition) is 5. The summed E-state index contributed by atoms with van der Waals surface area (Å²) in [5.74, 6) is 1.45. The number of hydrogen-bond donors (Lipinski definition) is 0. The van der Waals surface area contributed by atoms with Gasteiger partial charge >= 0.3 is 0 Å². The highest BCUT2D eigenvalue weighted by atomic mass is 16.5. The SMILES string of the molecule is CCn1cc(C(=O)N2CCC[C@H](c3noc(C)n3)C2)cn1. The molecule has 2 aromatic rings. The van der Waals surface area contributed by atoms with Gasteiger partial charge < -0.3 is 9.42 Å². The summed E-state index contributed by atoms with van der Waals surface area (Å²) in [6.45, 7) is 5.94. The van der Waals surface area contributed by atoms with Crippen LogP contribution in [-0.2, 0) is 6.54 Å². The van der Waals surface area contributed by atoms with Gasteiger partial charge in [0.15, 0.2) is 5.82 Å². The van der Waals surface area contributed by atoms with Crippen LogP contribution < -0.4 is 0 Å². The number of piperidine rings is 1. The average Bonchev–Trinajstić information content (AvgIpc) is 3.15. The maximum Gasteiger partial charge on any atom is 0.257 e. The highest BCUT2D eigenvalue weighted by Crippen LogP contribution is 2.25. The Morgan fingerprint density at radius 1 is 1.52 bits per heavy atom. The third kappa shape index (κ3) is 2.81. The minimum absolute atomic E-state index is 0.0274. The Labute approximate surface area is 122 Å². The van der Waals surface area contributed by atoms with Crippen LogP contribution in [0.15, 0.2) is 16.9 Å². The van der Waals surface area contributed by atoms with Crippen LogP contribution in [0, 0.1) is 6.92 Å². The van der Waals surface area contributed by atoms with E-state index in [9.17, 15) is 4.79 Å². The number of nitrogens with zero attached hydrogens (tertiary/aromatic N) is 5. The summed E-state index contributed by atoms with van der Waals surface area (Å²) < 4.78 is 6.80. The van der Waals surface area contributed by atoms with E-state index in [-0.39, 0.29) is 11.8 Å². The summed E-state index contributed by atoms with van der Waals surface area (Å²) in [7, 11) is 0. The van der Waals surface area contributed by atoms with Crippen LogP contribution in [0.1, 0.15) is 47.8 Å². The molecule has 1 aliphatic heterocycles. The molecule has 1 aliphatic rings. The molecule has 3 rings (SSSR count). The lowest BCUT2D eigenvalue weighted by molar-refractivity contribution is 0.0703. The Morgan fingerprint density at radius 2 is 2.38 bits per heavy atom. The van der Waals surface area contributed by atoms with Crippen LogP contribution in [-0.4, -0.2) is 43.8 Å². The van der Waals surface area contributed by atoms with Gasteiger partial charge in [0.05, 0.1) is 11.8 Å². The molecule has 1 saturated heterocycles. The van der Waals surface area contributed by atoms with E-state index >= 15 is 0 Å². The van der Waals surface area contributed by atoms with E-state index in [1.807, 2.05) is 11.8 Å². The molecule has 0 spiro atoms. The number of likely N-dealkylation sites (tertiary alicyclic amines) is 1. The Hall–Kier alpha value is -2.18. The van der Waals surface area contributed by atoms with Gasteiger partial charge in [-0.25, -0.2) is 0 Å². The summed E-state index contributed by atoms with van der Waals surface area (Å²) in [5, 5.41) is 8.14. The fourth-order valence-electron chi connectivity index (χ4n) is 2.68. The normalized spacial score (nSPS) is 19.0. The fourth-order valence-corrected chi connectivity index (χ4v) is 2.68. The molecular weight excluding hydrogens is 270 g/mol. The van der Waals surface area contributed by atoms with E-state index in [0.29, 0.717) is 23.8 Å². The average molecular weight is 289 g/mol. The second-order valence-corrected chi connectivity index (χ2v) is 5.35. The molecule has 0 radical (unpaired) electrons. The van der Waals surface area contributed by atoms with Crippen molar-refractivity contribution >= 4 is 5.91 Å². The first-order chi connectivity index (χ1) is 10.2. The van der Waals surface area contributed by atoms with Gasteiger partial charge in [0, 0.05) is 38.7 Å². The molecule has 0 aromatic carbocycles. The van der Waals surface area contributed by atoms with E-state index < -0.39 is 0 Å². The lowest BCUT2D eigenvalue weighted by Gasteiger charge is -2.31. The van der Waals surface area contributed by atoms with Crippen molar-refractivity contribution in [3.8, 4) is 0 Å². The molecule has 3 heterocycles. The van der Waals surface area contributed by atoms with Crippen molar-refractivity contribution in [3.05, 3.63) is 29.7 Å². The van der Waals surface area contributed by atoms with Gasteiger partial charge in [-0.05, 0) is 19.8 Å². The molecule has 21 heavy (non-hydrogen) atoms. The van der Waals surface area contributed by atoms with Crippen LogP contribution in [0.25, 0.3) is 0 Å². The fraction of sp³-hybridized carbons (Fsp3) is 0.571. The van der Waals surface area contributed by atoms with Crippen LogP contribution in [0.3, 0.4) is 0 Å². The van der Waals surface area contributed by atoms with Crippen molar-refractivity contribution in [1.82, 2.24) is 24.8 Å². The zero-order valence-corrected chi connectivity index (χ0v) is 12.3. The second-order valence-electron chi connectivity index (χ2n) is 5.35. The predicted octanol–water partition coefficient (Wildman–Crippen LogP) is 1.61. The standard InChI is InChI=1S/C14H19N5O2/c1-3-19-9-12(7-15-19)14(20)18-6-4-5-11(8-18)13-16-10(2)21-17-13/h7,9,11H,3-6,8H2,1-2H3/t11-/m0/s1. The Bertz CT molecular complexity index is 633. The molecule has 1 amide bonds. The number of aryl methyl sites for hydroxylation is 2. The molecule has 0 saturated carbocycles. The zero-order valence-electron chi connectivity index (χ0n) is 12.3. The third-order valence-corrected chi connectivity index (χ3v) is 3.82. The smallest absolute Gasteiger partial charge is 0.257 e. The molecule has 0 bridgehead atoms. The van der Waals surface area contributed by atoms with E-state index in [0.717, 1.165) is 25.9 Å². The van der Waals surface area contributed by atoms with Gasteiger partial charge in [-0.2, -0.15) is 10.1 Å².